The van der Waals surface area contributed by atoms with Crippen molar-refractivity contribution < 1.29 is 9.53 Å². The van der Waals surface area contributed by atoms with Gasteiger partial charge in [0.2, 0.25) is 0 Å². The van der Waals surface area contributed by atoms with Gasteiger partial charge in [-0.05, 0) is 13.8 Å². The van der Waals surface area contributed by atoms with E-state index in [2.05, 4.69) is 15.3 Å². The molecule has 0 unspecified atom stereocenters. The van der Waals surface area contributed by atoms with Crippen molar-refractivity contribution in [1.82, 2.24) is 24.4 Å². The van der Waals surface area contributed by atoms with Crippen LogP contribution in [0.3, 0.4) is 0 Å². The zero-order chi connectivity index (χ0) is 14.0. The maximum atomic E-state index is 11.9. The standard InChI is InChI=1S/C10H12ClN5O3/c1-6(2)19-9(17)7-8-13-14-16(4-3-11)10(18)15(8)5-12-7/h5-6H,3-4H2,1-2H3. The minimum Gasteiger partial charge on any atom is -0.458 e. The number of esters is 1. The molecule has 2 aromatic heterocycles. The zero-order valence-electron chi connectivity index (χ0n) is 10.4. The fraction of sp³-hybridized carbons (Fsp3) is 0.500. The fourth-order valence-electron chi connectivity index (χ4n) is 1.47. The molecule has 0 radical (unpaired) electrons. The van der Waals surface area contributed by atoms with Gasteiger partial charge < -0.3 is 4.74 Å². The van der Waals surface area contributed by atoms with E-state index < -0.39 is 11.7 Å². The van der Waals surface area contributed by atoms with Crippen LogP contribution in [0, 0.1) is 0 Å². The van der Waals surface area contributed by atoms with E-state index in [1.54, 1.807) is 13.8 Å². The Labute approximate surface area is 113 Å². The number of aromatic nitrogens is 5. The van der Waals surface area contributed by atoms with Crippen LogP contribution in [0.15, 0.2) is 11.1 Å². The van der Waals surface area contributed by atoms with E-state index in [0.29, 0.717) is 0 Å². The Morgan fingerprint density at radius 3 is 2.89 bits per heavy atom. The number of fused-ring (bicyclic) bond motifs is 1. The number of alkyl halides is 1. The molecule has 0 aromatic carbocycles. The second-order valence-electron chi connectivity index (χ2n) is 4.02. The van der Waals surface area contributed by atoms with Crippen molar-refractivity contribution >= 4 is 23.2 Å². The van der Waals surface area contributed by atoms with Crippen molar-refractivity contribution in [3.05, 3.63) is 22.5 Å². The zero-order valence-corrected chi connectivity index (χ0v) is 11.2. The summed E-state index contributed by atoms with van der Waals surface area (Å²) in [5, 5.41) is 7.49. The van der Waals surface area contributed by atoms with Crippen molar-refractivity contribution in [2.45, 2.75) is 26.5 Å². The Hall–Kier alpha value is -1.96. The first kappa shape index (κ1) is 13.5. The Bertz CT molecular complexity index is 663. The molecule has 102 valence electrons. The molecule has 0 N–H and O–H groups in total. The third-order valence-electron chi connectivity index (χ3n) is 2.25. The fourth-order valence-corrected chi connectivity index (χ4v) is 1.63. The normalized spacial score (nSPS) is 11.2. The largest absolute Gasteiger partial charge is 0.458 e. The number of carbonyl (C=O) groups excluding carboxylic acids is 1. The molecule has 0 spiro atoms. The summed E-state index contributed by atoms with van der Waals surface area (Å²) in [5.74, 6) is -0.405. The molecular weight excluding hydrogens is 274 g/mol. The molecule has 0 aliphatic heterocycles. The number of aryl methyl sites for hydroxylation is 1. The second kappa shape index (κ2) is 5.35. The van der Waals surface area contributed by atoms with Gasteiger partial charge in [-0.1, -0.05) is 5.21 Å². The maximum Gasteiger partial charge on any atom is 0.361 e. The van der Waals surface area contributed by atoms with E-state index in [1.165, 1.54) is 6.33 Å². The van der Waals surface area contributed by atoms with E-state index in [4.69, 9.17) is 16.3 Å². The minimum atomic E-state index is -0.638. The SMILES string of the molecule is CC(C)OC(=O)c1ncn2c(=O)n(CCCl)nnc12. The highest BCUT2D eigenvalue weighted by atomic mass is 35.5. The van der Waals surface area contributed by atoms with Gasteiger partial charge >= 0.3 is 11.7 Å². The highest BCUT2D eigenvalue weighted by molar-refractivity contribution is 6.17. The average Bonchev–Trinajstić information content (AvgIpc) is 2.76. The van der Waals surface area contributed by atoms with Crippen LogP contribution < -0.4 is 5.69 Å². The van der Waals surface area contributed by atoms with Crippen LogP contribution in [0.1, 0.15) is 24.3 Å². The van der Waals surface area contributed by atoms with Gasteiger partial charge in [0.05, 0.1) is 12.6 Å². The first-order valence-electron chi connectivity index (χ1n) is 5.62. The third-order valence-corrected chi connectivity index (χ3v) is 2.42. The second-order valence-corrected chi connectivity index (χ2v) is 4.40. The number of halogens is 1. The molecule has 0 atom stereocenters. The van der Waals surface area contributed by atoms with Crippen LogP contribution >= 0.6 is 11.6 Å². The number of carbonyl (C=O) groups is 1. The van der Waals surface area contributed by atoms with E-state index in [0.717, 1.165) is 9.08 Å². The van der Waals surface area contributed by atoms with Crippen molar-refractivity contribution in [3.8, 4) is 0 Å². The maximum absolute atomic E-state index is 11.9. The molecule has 0 fully saturated rings. The Morgan fingerprint density at radius 2 is 2.26 bits per heavy atom. The molecule has 2 heterocycles. The van der Waals surface area contributed by atoms with E-state index >= 15 is 0 Å². The van der Waals surface area contributed by atoms with Gasteiger partial charge in [-0.3, -0.25) is 0 Å². The molecule has 0 bridgehead atoms. The molecule has 0 aliphatic carbocycles. The van der Waals surface area contributed by atoms with Crippen LogP contribution in [-0.2, 0) is 11.3 Å². The summed E-state index contributed by atoms with van der Waals surface area (Å²) in [6.45, 7) is 3.66. The number of rotatable bonds is 4. The number of imidazole rings is 1. The van der Waals surface area contributed by atoms with Crippen LogP contribution in [0.4, 0.5) is 0 Å². The topological polar surface area (TPSA) is 91.4 Å². The van der Waals surface area contributed by atoms with Gasteiger partial charge in [0.15, 0.2) is 11.3 Å². The first-order chi connectivity index (χ1) is 9.04. The number of hydrogen-bond donors (Lipinski definition) is 0. The summed E-state index contributed by atoms with van der Waals surface area (Å²) >= 11 is 5.55. The lowest BCUT2D eigenvalue weighted by atomic mass is 10.4. The van der Waals surface area contributed by atoms with Gasteiger partial charge in [-0.25, -0.2) is 19.0 Å². The summed E-state index contributed by atoms with van der Waals surface area (Å²) in [7, 11) is 0. The van der Waals surface area contributed by atoms with Crippen LogP contribution in [-0.4, -0.2) is 42.3 Å². The van der Waals surface area contributed by atoms with Gasteiger partial charge in [-0.2, -0.15) is 4.68 Å². The van der Waals surface area contributed by atoms with Crippen molar-refractivity contribution in [2.75, 3.05) is 5.88 Å². The van der Waals surface area contributed by atoms with Gasteiger partial charge in [0.25, 0.3) is 0 Å². The molecule has 0 amide bonds. The average molecular weight is 286 g/mol. The molecule has 8 nitrogen and oxygen atoms in total. The minimum absolute atomic E-state index is 0.0312. The predicted octanol–water partition coefficient (Wildman–Crippen LogP) is 0.0900. The Balaban J connectivity index is 2.47. The molecule has 0 saturated carbocycles. The third kappa shape index (κ3) is 2.58. The van der Waals surface area contributed by atoms with Crippen LogP contribution in [0.2, 0.25) is 0 Å². The summed E-state index contributed by atoms with van der Waals surface area (Å²) in [6.07, 6.45) is 0.933. The highest BCUT2D eigenvalue weighted by Gasteiger charge is 2.19. The molecule has 2 aromatic rings. The first-order valence-corrected chi connectivity index (χ1v) is 6.16. The smallest absolute Gasteiger partial charge is 0.361 e. The predicted molar refractivity (Wildman–Crippen MR) is 66.3 cm³/mol. The van der Waals surface area contributed by atoms with Crippen molar-refractivity contribution in [1.29, 1.82) is 0 Å². The lowest BCUT2D eigenvalue weighted by Crippen LogP contribution is -2.30. The van der Waals surface area contributed by atoms with E-state index in [1.807, 2.05) is 0 Å². The van der Waals surface area contributed by atoms with E-state index in [-0.39, 0.29) is 29.9 Å². The van der Waals surface area contributed by atoms with Crippen LogP contribution in [0.5, 0.6) is 0 Å². The van der Waals surface area contributed by atoms with Gasteiger partial charge in [0, 0.05) is 5.88 Å². The highest BCUT2D eigenvalue weighted by Crippen LogP contribution is 2.06. The summed E-state index contributed by atoms with van der Waals surface area (Å²) in [6, 6.07) is 0. The summed E-state index contributed by atoms with van der Waals surface area (Å²) in [5.41, 5.74) is -0.417. The lowest BCUT2D eigenvalue weighted by molar-refractivity contribution is 0.0373. The lowest BCUT2D eigenvalue weighted by Gasteiger charge is -2.05. The molecule has 2 rings (SSSR count). The molecule has 19 heavy (non-hydrogen) atoms. The number of hydrogen-bond acceptors (Lipinski definition) is 6. The quantitative estimate of drug-likeness (QED) is 0.584. The molecular formula is C10H12ClN5O3. The van der Waals surface area contributed by atoms with E-state index in [9.17, 15) is 9.59 Å². The Morgan fingerprint density at radius 1 is 1.53 bits per heavy atom. The summed E-state index contributed by atoms with van der Waals surface area (Å²) in [4.78, 5) is 27.6. The number of nitrogens with zero attached hydrogens (tertiary/aromatic N) is 5. The molecule has 9 heteroatoms. The Kier molecular flexibility index (Phi) is 3.79. The van der Waals surface area contributed by atoms with Gasteiger partial charge in [-0.15, -0.1) is 16.7 Å². The molecule has 0 saturated heterocycles. The van der Waals surface area contributed by atoms with Crippen molar-refractivity contribution in [3.63, 3.8) is 0 Å². The van der Waals surface area contributed by atoms with Crippen LogP contribution in [0.25, 0.3) is 5.65 Å². The number of ether oxygens (including phenoxy) is 1. The van der Waals surface area contributed by atoms with Gasteiger partial charge in [0.1, 0.15) is 6.33 Å². The monoisotopic (exact) mass is 285 g/mol. The van der Waals surface area contributed by atoms with Crippen molar-refractivity contribution in [2.24, 2.45) is 0 Å². The summed E-state index contributed by atoms with van der Waals surface area (Å²) < 4.78 is 7.24. The molecule has 0 aliphatic rings.